The van der Waals surface area contributed by atoms with Crippen molar-refractivity contribution in [3.63, 3.8) is 0 Å². The quantitative estimate of drug-likeness (QED) is 0.809. The summed E-state index contributed by atoms with van der Waals surface area (Å²) in [6.07, 6.45) is 3.73. The molecule has 0 aromatic carbocycles. The van der Waals surface area contributed by atoms with Gasteiger partial charge in [-0.1, -0.05) is 13.8 Å². The van der Waals surface area contributed by atoms with Gasteiger partial charge < -0.3 is 0 Å². The lowest BCUT2D eigenvalue weighted by Gasteiger charge is -2.03. The van der Waals surface area contributed by atoms with E-state index in [-0.39, 0.29) is 0 Å². The Balaban J connectivity index is 2.52. The van der Waals surface area contributed by atoms with Gasteiger partial charge in [0.05, 0.1) is 0 Å². The van der Waals surface area contributed by atoms with Crippen LogP contribution in [0.3, 0.4) is 0 Å². The van der Waals surface area contributed by atoms with Crippen molar-refractivity contribution in [3.05, 3.63) is 28.5 Å². The van der Waals surface area contributed by atoms with Gasteiger partial charge in [0.25, 0.3) is 0 Å². The average Bonchev–Trinajstić information content (AvgIpc) is 2.01. The molecule has 1 nitrogen and oxygen atoms in total. The van der Waals surface area contributed by atoms with Crippen molar-refractivity contribution >= 4 is 27.7 Å². The molecule has 0 saturated heterocycles. The smallest absolute Gasteiger partial charge is 0.0410 e. The van der Waals surface area contributed by atoms with E-state index in [0.29, 0.717) is 5.25 Å². The van der Waals surface area contributed by atoms with Gasteiger partial charge in [-0.05, 0) is 32.8 Å². The molecule has 0 aliphatic rings. The molecular weight excluding hydrogens is 234 g/mol. The Morgan fingerprint density at radius 2 is 2.25 bits per heavy atom. The molecular formula is C9H12BrNS. The highest BCUT2D eigenvalue weighted by Gasteiger charge is 1.97. The Bertz CT molecular complexity index is 250. The third-order valence-electron chi connectivity index (χ3n) is 1.34. The van der Waals surface area contributed by atoms with E-state index in [2.05, 4.69) is 40.8 Å². The minimum Gasteiger partial charge on any atom is -0.263 e. The van der Waals surface area contributed by atoms with Gasteiger partial charge in [0.1, 0.15) is 0 Å². The Morgan fingerprint density at radius 1 is 1.50 bits per heavy atom. The highest BCUT2D eigenvalue weighted by Crippen LogP contribution is 2.18. The van der Waals surface area contributed by atoms with E-state index in [1.54, 1.807) is 0 Å². The molecule has 12 heavy (non-hydrogen) atoms. The van der Waals surface area contributed by atoms with Gasteiger partial charge >= 0.3 is 0 Å². The van der Waals surface area contributed by atoms with Crippen LogP contribution < -0.4 is 0 Å². The van der Waals surface area contributed by atoms with Crippen molar-refractivity contribution < 1.29 is 0 Å². The third-order valence-corrected chi connectivity index (χ3v) is 2.95. The second-order valence-corrected chi connectivity index (χ2v) is 5.35. The molecule has 1 heterocycles. The van der Waals surface area contributed by atoms with Crippen LogP contribution in [0.5, 0.6) is 0 Å². The predicted octanol–water partition coefficient (Wildman–Crippen LogP) is 3.49. The summed E-state index contributed by atoms with van der Waals surface area (Å²) in [7, 11) is 0. The molecule has 1 rings (SSSR count). The summed E-state index contributed by atoms with van der Waals surface area (Å²) in [4.78, 5) is 4.10. The second-order valence-electron chi connectivity index (χ2n) is 2.87. The van der Waals surface area contributed by atoms with Crippen molar-refractivity contribution in [2.24, 2.45) is 0 Å². The monoisotopic (exact) mass is 245 g/mol. The number of pyridine rings is 1. The van der Waals surface area contributed by atoms with E-state index in [1.807, 2.05) is 24.2 Å². The topological polar surface area (TPSA) is 12.9 Å². The maximum absolute atomic E-state index is 4.10. The van der Waals surface area contributed by atoms with Gasteiger partial charge in [0, 0.05) is 22.6 Å². The molecule has 66 valence electrons. The first-order valence-corrected chi connectivity index (χ1v) is 5.73. The average molecular weight is 246 g/mol. The van der Waals surface area contributed by atoms with Gasteiger partial charge in [0.15, 0.2) is 0 Å². The fourth-order valence-corrected chi connectivity index (χ4v) is 1.89. The van der Waals surface area contributed by atoms with E-state index >= 15 is 0 Å². The van der Waals surface area contributed by atoms with Crippen LogP contribution in [0.1, 0.15) is 19.4 Å². The van der Waals surface area contributed by atoms with Crippen molar-refractivity contribution in [1.82, 2.24) is 4.98 Å². The van der Waals surface area contributed by atoms with Crippen LogP contribution in [0.2, 0.25) is 0 Å². The standard InChI is InChI=1S/C9H12BrNS/c1-7(2)12-6-8-3-9(10)5-11-4-8/h3-5,7H,6H2,1-2H3. The summed E-state index contributed by atoms with van der Waals surface area (Å²) in [5.41, 5.74) is 1.28. The maximum Gasteiger partial charge on any atom is 0.0410 e. The van der Waals surface area contributed by atoms with Crippen LogP contribution >= 0.6 is 27.7 Å². The third kappa shape index (κ3) is 3.59. The van der Waals surface area contributed by atoms with Gasteiger partial charge in [-0.2, -0.15) is 11.8 Å². The van der Waals surface area contributed by atoms with Gasteiger partial charge in [-0.15, -0.1) is 0 Å². The SMILES string of the molecule is CC(C)SCc1cncc(Br)c1. The van der Waals surface area contributed by atoms with Gasteiger partial charge in [0.2, 0.25) is 0 Å². The van der Waals surface area contributed by atoms with Crippen molar-refractivity contribution in [2.45, 2.75) is 24.9 Å². The summed E-state index contributed by atoms with van der Waals surface area (Å²) < 4.78 is 1.06. The number of hydrogen-bond donors (Lipinski definition) is 0. The molecule has 1 aromatic heterocycles. The van der Waals surface area contributed by atoms with E-state index in [4.69, 9.17) is 0 Å². The number of rotatable bonds is 3. The normalized spacial score (nSPS) is 10.7. The zero-order valence-electron chi connectivity index (χ0n) is 7.25. The number of hydrogen-bond acceptors (Lipinski definition) is 2. The first-order valence-electron chi connectivity index (χ1n) is 3.89. The molecule has 0 atom stereocenters. The molecule has 0 spiro atoms. The van der Waals surface area contributed by atoms with Crippen molar-refractivity contribution in [1.29, 1.82) is 0 Å². The minimum absolute atomic E-state index is 0.684. The molecule has 0 bridgehead atoms. The zero-order valence-corrected chi connectivity index (χ0v) is 9.65. The molecule has 0 unspecified atom stereocenters. The summed E-state index contributed by atoms with van der Waals surface area (Å²) in [6.45, 7) is 4.41. The van der Waals surface area contributed by atoms with E-state index < -0.39 is 0 Å². The second kappa shape index (κ2) is 4.87. The largest absolute Gasteiger partial charge is 0.263 e. The van der Waals surface area contributed by atoms with Crippen LogP contribution in [0.15, 0.2) is 22.9 Å². The first kappa shape index (κ1) is 10.1. The predicted molar refractivity (Wildman–Crippen MR) is 58.4 cm³/mol. The van der Waals surface area contributed by atoms with Crippen LogP contribution in [0.4, 0.5) is 0 Å². The lowest BCUT2D eigenvalue weighted by atomic mass is 10.3. The fourth-order valence-electron chi connectivity index (χ4n) is 0.798. The van der Waals surface area contributed by atoms with Crippen LogP contribution in [0.25, 0.3) is 0 Å². The number of aromatic nitrogens is 1. The molecule has 3 heteroatoms. The minimum atomic E-state index is 0.684. The Kier molecular flexibility index (Phi) is 4.09. The number of halogens is 1. The highest BCUT2D eigenvalue weighted by atomic mass is 79.9. The van der Waals surface area contributed by atoms with Crippen LogP contribution in [0, 0.1) is 0 Å². The van der Waals surface area contributed by atoms with Gasteiger partial charge in [-0.25, -0.2) is 0 Å². The molecule has 0 N–H and O–H groups in total. The molecule has 0 radical (unpaired) electrons. The van der Waals surface area contributed by atoms with Gasteiger partial charge in [-0.3, -0.25) is 4.98 Å². The number of nitrogens with zero attached hydrogens (tertiary/aromatic N) is 1. The summed E-state index contributed by atoms with van der Waals surface area (Å²) >= 11 is 5.33. The first-order chi connectivity index (χ1) is 5.68. The zero-order chi connectivity index (χ0) is 8.97. The maximum atomic E-state index is 4.10. The Labute approximate surface area is 86.1 Å². The summed E-state index contributed by atoms with van der Waals surface area (Å²) in [6, 6.07) is 2.11. The molecule has 0 amide bonds. The van der Waals surface area contributed by atoms with Crippen molar-refractivity contribution in [2.75, 3.05) is 0 Å². The molecule has 0 saturated carbocycles. The van der Waals surface area contributed by atoms with Crippen LogP contribution in [-0.4, -0.2) is 10.2 Å². The van der Waals surface area contributed by atoms with E-state index in [0.717, 1.165) is 10.2 Å². The lowest BCUT2D eigenvalue weighted by molar-refractivity contribution is 1.10. The molecule has 1 aromatic rings. The summed E-state index contributed by atoms with van der Waals surface area (Å²) in [5.74, 6) is 1.05. The Hall–Kier alpha value is -0.0200. The molecule has 0 aliphatic carbocycles. The highest BCUT2D eigenvalue weighted by molar-refractivity contribution is 9.10. The van der Waals surface area contributed by atoms with Crippen LogP contribution in [-0.2, 0) is 5.75 Å². The van der Waals surface area contributed by atoms with E-state index in [1.165, 1.54) is 5.56 Å². The lowest BCUT2D eigenvalue weighted by Crippen LogP contribution is -1.89. The summed E-state index contributed by atoms with van der Waals surface area (Å²) in [5, 5.41) is 0.684. The number of thioether (sulfide) groups is 1. The Morgan fingerprint density at radius 3 is 2.83 bits per heavy atom. The molecule has 0 aliphatic heterocycles. The van der Waals surface area contributed by atoms with Crippen molar-refractivity contribution in [3.8, 4) is 0 Å². The fraction of sp³-hybridized carbons (Fsp3) is 0.444. The molecule has 0 fully saturated rings. The van der Waals surface area contributed by atoms with E-state index in [9.17, 15) is 0 Å².